The molecule has 0 spiro atoms. The van der Waals surface area contributed by atoms with Crippen molar-refractivity contribution in [3.05, 3.63) is 107 Å². The van der Waals surface area contributed by atoms with E-state index in [-0.39, 0.29) is 0 Å². The molecule has 3 aromatic carbocycles. The number of halogens is 2. The van der Waals surface area contributed by atoms with E-state index in [1.165, 1.54) is 45.4 Å². The molecule has 0 bridgehead atoms. The maximum absolute atomic E-state index is 4.93. The van der Waals surface area contributed by atoms with Crippen molar-refractivity contribution in [2.45, 2.75) is 25.2 Å². The summed E-state index contributed by atoms with van der Waals surface area (Å²) >= 11 is -0.826. The molecule has 0 saturated heterocycles. The molecular weight excluding hydrogens is 462 g/mol. The quantitative estimate of drug-likeness (QED) is 0.260. The van der Waals surface area contributed by atoms with Gasteiger partial charge in [-0.15, -0.1) is 11.6 Å². The van der Waals surface area contributed by atoms with Gasteiger partial charge < -0.3 is 0 Å². The first-order valence-electron chi connectivity index (χ1n) is 9.58. The Bertz CT molecular complexity index is 993. The molecule has 3 aromatic rings. The summed E-state index contributed by atoms with van der Waals surface area (Å²) in [4.78, 5) is 0. The zero-order chi connectivity index (χ0) is 19.3. The molecule has 1 unspecified atom stereocenters. The summed E-state index contributed by atoms with van der Waals surface area (Å²) in [6.07, 6.45) is 10.5. The van der Waals surface area contributed by atoms with E-state index in [9.17, 15) is 0 Å². The molecular formula is C25H21Cl2Zr-. The van der Waals surface area contributed by atoms with E-state index < -0.39 is 20.8 Å². The molecule has 1 atom stereocenters. The van der Waals surface area contributed by atoms with Crippen molar-refractivity contribution in [3.63, 3.8) is 0 Å². The molecule has 0 saturated carbocycles. The van der Waals surface area contributed by atoms with Crippen LogP contribution in [0, 0.1) is 6.42 Å². The average Bonchev–Trinajstić information content (AvgIpc) is 3.31. The molecule has 0 heterocycles. The third-order valence-electron chi connectivity index (χ3n) is 5.63. The Labute approximate surface area is 186 Å². The molecule has 0 N–H and O–H groups in total. The number of rotatable bonds is 4. The second-order valence-electron chi connectivity index (χ2n) is 7.15. The van der Waals surface area contributed by atoms with Gasteiger partial charge in [0, 0.05) is 5.92 Å². The molecule has 2 aliphatic carbocycles. The first-order chi connectivity index (χ1) is 13.8. The van der Waals surface area contributed by atoms with Gasteiger partial charge in [-0.05, 0) is 35.1 Å². The normalized spacial score (nSPS) is 15.1. The van der Waals surface area contributed by atoms with E-state index in [4.69, 9.17) is 17.0 Å². The molecule has 0 fully saturated rings. The third kappa shape index (κ3) is 4.18. The van der Waals surface area contributed by atoms with Gasteiger partial charge in [0.2, 0.25) is 0 Å². The number of fused-ring (bicyclic) bond motifs is 4. The Hall–Kier alpha value is -1.27. The van der Waals surface area contributed by atoms with E-state index >= 15 is 0 Å². The second kappa shape index (κ2) is 9.49. The molecule has 2 aliphatic rings. The number of allylic oxidation sites excluding steroid dienone is 1. The van der Waals surface area contributed by atoms with Crippen molar-refractivity contribution in [1.82, 2.24) is 0 Å². The van der Waals surface area contributed by atoms with Crippen molar-refractivity contribution in [1.29, 1.82) is 0 Å². The van der Waals surface area contributed by atoms with Gasteiger partial charge in [-0.25, -0.2) is 0 Å². The van der Waals surface area contributed by atoms with E-state index in [1.807, 2.05) is 0 Å². The molecule has 28 heavy (non-hydrogen) atoms. The van der Waals surface area contributed by atoms with Crippen LogP contribution >= 0.6 is 17.0 Å². The summed E-state index contributed by atoms with van der Waals surface area (Å²) in [6, 6.07) is 24.4. The summed E-state index contributed by atoms with van der Waals surface area (Å²) in [7, 11) is 9.87. The van der Waals surface area contributed by atoms with Crippen LogP contribution in [-0.4, -0.2) is 0 Å². The Kier molecular flexibility index (Phi) is 6.79. The van der Waals surface area contributed by atoms with Gasteiger partial charge in [-0.3, -0.25) is 0 Å². The average molecular weight is 484 g/mol. The number of benzene rings is 3. The van der Waals surface area contributed by atoms with Gasteiger partial charge in [0.1, 0.15) is 0 Å². The molecule has 0 aromatic heterocycles. The van der Waals surface area contributed by atoms with Crippen LogP contribution in [0.5, 0.6) is 0 Å². The molecule has 0 aliphatic heterocycles. The van der Waals surface area contributed by atoms with Crippen LogP contribution in [0.1, 0.15) is 46.6 Å². The number of hydrogen-bond donors (Lipinski definition) is 0. The zero-order valence-corrected chi connectivity index (χ0v) is 19.5. The topological polar surface area (TPSA) is 0 Å². The van der Waals surface area contributed by atoms with Gasteiger partial charge in [-0.2, -0.15) is 18.1 Å². The van der Waals surface area contributed by atoms with Crippen LogP contribution in [-0.2, 0) is 27.3 Å². The summed E-state index contributed by atoms with van der Waals surface area (Å²) in [6.45, 7) is 0. The predicted molar refractivity (Wildman–Crippen MR) is 117 cm³/mol. The second-order valence-corrected chi connectivity index (χ2v) is 10.9. The Morgan fingerprint density at radius 1 is 0.893 bits per heavy atom. The van der Waals surface area contributed by atoms with Gasteiger partial charge in [0.05, 0.1) is 0 Å². The Morgan fingerprint density at radius 3 is 2.54 bits per heavy atom. The van der Waals surface area contributed by atoms with Crippen LogP contribution in [0.25, 0.3) is 17.2 Å². The fourth-order valence-electron chi connectivity index (χ4n) is 4.37. The SMILES string of the molecule is C1=CC(CC[CH-]c2cccc3c2Cc2ccccc2-3)c2ccccc21.[Cl][Zr][Cl]. The molecule has 140 valence electrons. The van der Waals surface area contributed by atoms with Crippen LogP contribution in [0.3, 0.4) is 0 Å². The predicted octanol–water partition coefficient (Wildman–Crippen LogP) is 7.78. The van der Waals surface area contributed by atoms with Crippen molar-refractivity contribution >= 4 is 23.1 Å². The molecule has 0 amide bonds. The van der Waals surface area contributed by atoms with Gasteiger partial charge in [0.15, 0.2) is 0 Å². The van der Waals surface area contributed by atoms with Crippen LogP contribution < -0.4 is 0 Å². The summed E-state index contributed by atoms with van der Waals surface area (Å²) in [5.41, 5.74) is 10.1. The van der Waals surface area contributed by atoms with Gasteiger partial charge in [-0.1, -0.05) is 78.7 Å². The van der Waals surface area contributed by atoms with Crippen LogP contribution in [0.4, 0.5) is 0 Å². The van der Waals surface area contributed by atoms with Crippen molar-refractivity contribution in [2.75, 3.05) is 0 Å². The van der Waals surface area contributed by atoms with Crippen LogP contribution in [0.2, 0.25) is 0 Å². The van der Waals surface area contributed by atoms with Gasteiger partial charge in [0.25, 0.3) is 0 Å². The summed E-state index contributed by atoms with van der Waals surface area (Å²) < 4.78 is 0. The van der Waals surface area contributed by atoms with Crippen molar-refractivity contribution < 1.29 is 20.8 Å². The minimum atomic E-state index is -0.826. The monoisotopic (exact) mass is 481 g/mol. The zero-order valence-electron chi connectivity index (χ0n) is 15.5. The first-order valence-corrected chi connectivity index (χ1v) is 15.9. The van der Waals surface area contributed by atoms with E-state index in [0.29, 0.717) is 5.92 Å². The fraction of sp³-hybridized carbons (Fsp3) is 0.160. The van der Waals surface area contributed by atoms with E-state index in [1.54, 1.807) is 0 Å². The molecule has 0 radical (unpaired) electrons. The molecule has 0 nitrogen and oxygen atoms in total. The Morgan fingerprint density at radius 2 is 1.64 bits per heavy atom. The summed E-state index contributed by atoms with van der Waals surface area (Å²) in [5.74, 6) is 0.571. The first kappa shape index (κ1) is 20.0. The number of hydrogen-bond acceptors (Lipinski definition) is 0. The van der Waals surface area contributed by atoms with Crippen LogP contribution in [0.15, 0.2) is 72.8 Å². The maximum atomic E-state index is 4.93. The van der Waals surface area contributed by atoms with Crippen molar-refractivity contribution in [2.24, 2.45) is 0 Å². The molecule has 5 rings (SSSR count). The van der Waals surface area contributed by atoms with E-state index in [0.717, 1.165) is 12.8 Å². The van der Waals surface area contributed by atoms with E-state index in [2.05, 4.69) is 85.3 Å². The molecule has 3 heteroatoms. The standard InChI is InChI=1S/C25H21.2ClH.Zr/c1-3-12-22-19(7-1)15-16-20(22)10-5-9-18-11-6-14-24-23-13-4-2-8-21(23)17-25(18)24;;;/h1-4,6-9,11-16,20H,5,10,17H2;2*1H;/q-1;;;+2/p-2. The third-order valence-corrected chi connectivity index (χ3v) is 5.63. The minimum absolute atomic E-state index is 0.571. The Balaban J connectivity index is 0.000000604. The van der Waals surface area contributed by atoms with Gasteiger partial charge >= 0.3 is 37.9 Å². The fourth-order valence-corrected chi connectivity index (χ4v) is 4.37. The summed E-state index contributed by atoms with van der Waals surface area (Å²) in [5, 5.41) is 0. The van der Waals surface area contributed by atoms with Crippen molar-refractivity contribution in [3.8, 4) is 11.1 Å².